The number of rotatable bonds is 12. The first-order valence-corrected chi connectivity index (χ1v) is 8.78. The highest BCUT2D eigenvalue weighted by Gasteiger charge is 2.20. The summed E-state index contributed by atoms with van der Waals surface area (Å²) in [6.07, 6.45) is 8.02. The van der Waals surface area contributed by atoms with Gasteiger partial charge in [-0.05, 0) is 18.4 Å². The van der Waals surface area contributed by atoms with Gasteiger partial charge in [0.2, 0.25) is 0 Å². The summed E-state index contributed by atoms with van der Waals surface area (Å²) in [5.41, 5.74) is 0.854. The molecule has 0 saturated carbocycles. The highest BCUT2D eigenvalue weighted by atomic mass is 16.4. The lowest BCUT2D eigenvalue weighted by Gasteiger charge is -2.09. The van der Waals surface area contributed by atoms with Crippen LogP contribution < -0.4 is 0 Å². The Bertz CT molecular complexity index is 546. The van der Waals surface area contributed by atoms with Gasteiger partial charge < -0.3 is 10.2 Å². The van der Waals surface area contributed by atoms with E-state index in [9.17, 15) is 19.8 Å². The molecule has 1 aromatic carbocycles. The second-order valence-electron chi connectivity index (χ2n) is 6.10. The molecule has 0 aliphatic carbocycles. The Morgan fingerprint density at radius 2 is 1.33 bits per heavy atom. The highest BCUT2D eigenvalue weighted by molar-refractivity contribution is 5.99. The van der Waals surface area contributed by atoms with Crippen LogP contribution in [0.1, 0.15) is 63.9 Å². The van der Waals surface area contributed by atoms with Crippen molar-refractivity contribution >= 4 is 11.9 Å². The Balaban J connectivity index is 2.67. The molecule has 0 saturated heterocycles. The molecule has 0 bridgehead atoms. The molecule has 4 heteroatoms. The second kappa shape index (κ2) is 11.4. The van der Waals surface area contributed by atoms with Crippen molar-refractivity contribution in [2.75, 3.05) is 0 Å². The molecule has 2 N–H and O–H groups in total. The summed E-state index contributed by atoms with van der Waals surface area (Å²) in [6, 6.07) is 9.13. The Kier molecular flexibility index (Phi) is 9.51. The summed E-state index contributed by atoms with van der Waals surface area (Å²) in [5, 5.41) is 18.9. The van der Waals surface area contributed by atoms with Crippen LogP contribution in [0.4, 0.5) is 0 Å². The van der Waals surface area contributed by atoms with Crippen LogP contribution in [0, 0.1) is 0 Å². The first-order chi connectivity index (χ1) is 11.6. The molecule has 0 aliphatic rings. The Labute approximate surface area is 144 Å². The van der Waals surface area contributed by atoms with Crippen molar-refractivity contribution < 1.29 is 19.8 Å². The van der Waals surface area contributed by atoms with Crippen molar-refractivity contribution in [3.8, 4) is 0 Å². The van der Waals surface area contributed by atoms with E-state index in [2.05, 4.69) is 6.92 Å². The normalized spacial score (nSPS) is 11.9. The monoisotopic (exact) mass is 332 g/mol. The fourth-order valence-electron chi connectivity index (χ4n) is 2.76. The number of aliphatic carboxylic acids is 2. The zero-order valence-corrected chi connectivity index (χ0v) is 14.5. The number of hydrogen-bond donors (Lipinski definition) is 2. The molecule has 24 heavy (non-hydrogen) atoms. The fraction of sp³-hybridized carbons (Fsp3) is 0.500. The van der Waals surface area contributed by atoms with Gasteiger partial charge in [-0.2, -0.15) is 0 Å². The van der Waals surface area contributed by atoms with E-state index in [0.29, 0.717) is 6.42 Å². The van der Waals surface area contributed by atoms with Crippen molar-refractivity contribution in [2.24, 2.45) is 0 Å². The van der Waals surface area contributed by atoms with Gasteiger partial charge in [0.15, 0.2) is 0 Å². The topological polar surface area (TPSA) is 74.6 Å². The van der Waals surface area contributed by atoms with E-state index in [1.165, 1.54) is 19.3 Å². The molecule has 0 atom stereocenters. The van der Waals surface area contributed by atoms with E-state index in [1.54, 1.807) is 0 Å². The van der Waals surface area contributed by atoms with Crippen LogP contribution in [0.3, 0.4) is 0 Å². The maximum absolute atomic E-state index is 11.5. The van der Waals surface area contributed by atoms with Crippen molar-refractivity contribution in [3.63, 3.8) is 0 Å². The standard InChI is InChI=1S/C20H28O4/c1-2-3-4-5-6-7-11-14-17(19(21)22)18(20(23)24)15-16-12-9-8-10-13-16/h8-10,12-13H,2-7,11,14-15H2,1H3,(H,21,22)(H,23,24)/b18-17-. The van der Waals surface area contributed by atoms with E-state index in [4.69, 9.17) is 0 Å². The molecule has 0 radical (unpaired) electrons. The maximum Gasteiger partial charge on any atom is 0.332 e. The third-order valence-corrected chi connectivity index (χ3v) is 4.13. The summed E-state index contributed by atoms with van der Waals surface area (Å²) >= 11 is 0. The zero-order valence-electron chi connectivity index (χ0n) is 14.5. The number of hydrogen-bond acceptors (Lipinski definition) is 2. The second-order valence-corrected chi connectivity index (χ2v) is 6.10. The van der Waals surface area contributed by atoms with Gasteiger partial charge >= 0.3 is 11.9 Å². The lowest BCUT2D eigenvalue weighted by molar-refractivity contribution is -0.136. The maximum atomic E-state index is 11.5. The van der Waals surface area contributed by atoms with E-state index in [-0.39, 0.29) is 17.6 Å². The van der Waals surface area contributed by atoms with Crippen molar-refractivity contribution in [1.29, 1.82) is 0 Å². The van der Waals surface area contributed by atoms with Crippen LogP contribution in [0.2, 0.25) is 0 Å². The molecule has 132 valence electrons. The number of unbranched alkanes of at least 4 members (excludes halogenated alkanes) is 6. The van der Waals surface area contributed by atoms with Crippen molar-refractivity contribution in [2.45, 2.75) is 64.7 Å². The quantitative estimate of drug-likeness (QED) is 0.424. The van der Waals surface area contributed by atoms with Crippen LogP contribution in [0.25, 0.3) is 0 Å². The molecule has 0 aromatic heterocycles. The predicted molar refractivity (Wildman–Crippen MR) is 95.1 cm³/mol. The molecular formula is C20H28O4. The van der Waals surface area contributed by atoms with Crippen LogP contribution in [-0.4, -0.2) is 22.2 Å². The molecule has 0 heterocycles. The summed E-state index contributed by atoms with van der Waals surface area (Å²) in [5.74, 6) is -2.26. The summed E-state index contributed by atoms with van der Waals surface area (Å²) in [4.78, 5) is 23.1. The molecule has 0 fully saturated rings. The summed E-state index contributed by atoms with van der Waals surface area (Å²) < 4.78 is 0. The minimum atomic E-state index is -1.14. The van der Waals surface area contributed by atoms with E-state index < -0.39 is 11.9 Å². The van der Waals surface area contributed by atoms with Crippen LogP contribution in [0.5, 0.6) is 0 Å². The van der Waals surface area contributed by atoms with Crippen LogP contribution in [0.15, 0.2) is 41.5 Å². The average molecular weight is 332 g/mol. The first kappa shape index (κ1) is 19.9. The molecule has 4 nitrogen and oxygen atoms in total. The predicted octanol–water partition coefficient (Wildman–Crippen LogP) is 4.84. The third-order valence-electron chi connectivity index (χ3n) is 4.13. The third kappa shape index (κ3) is 7.44. The number of carboxylic acids is 2. The Hall–Kier alpha value is -2.10. The smallest absolute Gasteiger partial charge is 0.332 e. The van der Waals surface area contributed by atoms with Gasteiger partial charge in [-0.3, -0.25) is 0 Å². The van der Waals surface area contributed by atoms with Crippen molar-refractivity contribution in [1.82, 2.24) is 0 Å². The highest BCUT2D eigenvalue weighted by Crippen LogP contribution is 2.19. The van der Waals surface area contributed by atoms with Gasteiger partial charge in [0.05, 0.1) is 5.57 Å². The fourth-order valence-corrected chi connectivity index (χ4v) is 2.76. The lowest BCUT2D eigenvalue weighted by atomic mass is 9.96. The van der Waals surface area contributed by atoms with Crippen LogP contribution in [-0.2, 0) is 16.0 Å². The Morgan fingerprint density at radius 1 is 0.792 bits per heavy atom. The summed E-state index contributed by atoms with van der Waals surface area (Å²) in [7, 11) is 0. The number of benzene rings is 1. The van der Waals surface area contributed by atoms with E-state index in [0.717, 1.165) is 31.2 Å². The summed E-state index contributed by atoms with van der Waals surface area (Å²) in [6.45, 7) is 2.17. The molecule has 0 unspecified atom stereocenters. The van der Waals surface area contributed by atoms with Gasteiger partial charge in [-0.1, -0.05) is 75.8 Å². The average Bonchev–Trinajstić information content (AvgIpc) is 2.56. The van der Waals surface area contributed by atoms with Gasteiger partial charge in [0.25, 0.3) is 0 Å². The zero-order chi connectivity index (χ0) is 17.8. The minimum Gasteiger partial charge on any atom is -0.478 e. The molecular weight excluding hydrogens is 304 g/mol. The molecule has 1 rings (SSSR count). The molecule has 0 aliphatic heterocycles. The van der Waals surface area contributed by atoms with Crippen LogP contribution >= 0.6 is 0 Å². The van der Waals surface area contributed by atoms with Gasteiger partial charge in [-0.25, -0.2) is 9.59 Å². The number of carboxylic acid groups (broad SMARTS) is 2. The van der Waals surface area contributed by atoms with E-state index in [1.807, 2.05) is 30.3 Å². The lowest BCUT2D eigenvalue weighted by Crippen LogP contribution is -2.13. The molecule has 0 spiro atoms. The largest absolute Gasteiger partial charge is 0.478 e. The molecule has 1 aromatic rings. The number of carbonyl (C=O) groups is 2. The Morgan fingerprint density at radius 3 is 1.88 bits per heavy atom. The molecule has 0 amide bonds. The SMILES string of the molecule is CCCCCCCCC/C(C(=O)O)=C(\Cc1ccccc1)C(=O)O. The minimum absolute atomic E-state index is 0.000294. The first-order valence-electron chi connectivity index (χ1n) is 8.78. The van der Waals surface area contributed by atoms with Gasteiger partial charge in [-0.15, -0.1) is 0 Å². The van der Waals surface area contributed by atoms with Crippen molar-refractivity contribution in [3.05, 3.63) is 47.0 Å². The van der Waals surface area contributed by atoms with Gasteiger partial charge in [0, 0.05) is 12.0 Å². The van der Waals surface area contributed by atoms with Gasteiger partial charge in [0.1, 0.15) is 0 Å². The van der Waals surface area contributed by atoms with E-state index >= 15 is 0 Å².